The van der Waals surface area contributed by atoms with Crippen LogP contribution in [0.3, 0.4) is 0 Å². The first-order valence-electron chi connectivity index (χ1n) is 9.85. The van der Waals surface area contributed by atoms with Crippen LogP contribution in [0.5, 0.6) is 0 Å². The molecule has 25 heavy (non-hydrogen) atoms. The maximum absolute atomic E-state index is 7.38. The monoisotopic (exact) mass is 410 g/mol. The van der Waals surface area contributed by atoms with Crippen LogP contribution in [0, 0.1) is 0 Å². The number of rotatable bonds is 10. The van der Waals surface area contributed by atoms with Crippen LogP contribution < -0.4 is 7.74 Å². The first-order valence-corrected chi connectivity index (χ1v) is 18.0. The van der Waals surface area contributed by atoms with Crippen molar-refractivity contribution in [1.29, 1.82) is 0 Å². The molecule has 0 aliphatic rings. The fourth-order valence-corrected chi connectivity index (χ4v) is 22.0. The molecule has 0 bridgehead atoms. The van der Waals surface area contributed by atoms with E-state index in [1.807, 2.05) is 0 Å². The van der Waals surface area contributed by atoms with Crippen LogP contribution in [-0.4, -0.2) is 0 Å². The molecule has 1 nitrogen and oxygen atoms in total. The van der Waals surface area contributed by atoms with Crippen LogP contribution in [0.15, 0.2) is 60.7 Å². The van der Waals surface area contributed by atoms with Gasteiger partial charge in [-0.3, -0.25) is 0 Å². The minimum atomic E-state index is -2.79. The summed E-state index contributed by atoms with van der Waals surface area (Å²) in [7, 11) is 0. The van der Waals surface area contributed by atoms with E-state index in [1.165, 1.54) is 42.9 Å². The zero-order chi connectivity index (χ0) is 18.2. The molecule has 0 aliphatic carbocycles. The molecule has 0 heterocycles. The van der Waals surface area contributed by atoms with Crippen molar-refractivity contribution >= 4 is 7.74 Å². The Bertz CT molecular complexity index is 565. The molecule has 0 N–H and O–H groups in total. The number of unbranched alkanes of at least 4 members (excludes halogenated alkanes) is 2. The van der Waals surface area contributed by atoms with Gasteiger partial charge in [-0.2, -0.15) is 0 Å². The molecule has 0 aliphatic heterocycles. The van der Waals surface area contributed by atoms with Crippen LogP contribution in [0.1, 0.15) is 39.5 Å². The molecule has 3 heteroatoms. The Balaban J connectivity index is 2.40. The molecule has 136 valence electrons. The molecule has 2 aromatic rings. The van der Waals surface area contributed by atoms with Crippen molar-refractivity contribution in [3.63, 3.8) is 0 Å². The second kappa shape index (κ2) is 10.2. The third-order valence-corrected chi connectivity index (χ3v) is 21.3. The number of benzene rings is 2. The van der Waals surface area contributed by atoms with E-state index in [0.29, 0.717) is 0 Å². The van der Waals surface area contributed by atoms with Crippen LogP contribution in [0.4, 0.5) is 0 Å². The van der Waals surface area contributed by atoms with Crippen molar-refractivity contribution in [3.8, 4) is 0 Å². The average molecular weight is 410 g/mol. The van der Waals surface area contributed by atoms with Gasteiger partial charge in [0.25, 0.3) is 0 Å². The van der Waals surface area contributed by atoms with E-state index >= 15 is 0 Å². The third-order valence-electron chi connectivity index (χ3n) is 5.22. The van der Waals surface area contributed by atoms with Gasteiger partial charge in [-0.05, 0) is 0 Å². The molecule has 0 saturated carbocycles. The van der Waals surface area contributed by atoms with Crippen molar-refractivity contribution in [2.75, 3.05) is 0 Å². The Kier molecular flexibility index (Phi) is 8.65. The summed E-state index contributed by atoms with van der Waals surface area (Å²) in [5, 5.41) is 5.01. The molecule has 0 amide bonds. The summed E-state index contributed by atoms with van der Waals surface area (Å²) >= 11 is -5.09. The summed E-state index contributed by atoms with van der Waals surface area (Å²) in [6.07, 6.45) is 5.19. The van der Waals surface area contributed by atoms with Crippen molar-refractivity contribution < 1.29 is 35.9 Å². The van der Waals surface area contributed by atoms with Crippen LogP contribution in [0.25, 0.3) is 0 Å². The molecule has 0 radical (unpaired) electrons. The Morgan fingerprint density at radius 2 is 1.08 bits per heavy atom. The van der Waals surface area contributed by atoms with E-state index < -0.39 is 34.0 Å². The molecule has 0 atom stereocenters. The zero-order valence-corrected chi connectivity index (χ0v) is 19.5. The maximum atomic E-state index is 7.38. The van der Waals surface area contributed by atoms with Crippen molar-refractivity contribution in [1.82, 2.24) is 0 Å². The van der Waals surface area contributed by atoms with E-state index in [-0.39, 0.29) is 0 Å². The standard InChI is InChI=1S/2C6H5.2C4H9.2CH3.O.2Ti/c2*1-2-4-6-5-3-1;2*1-3-4-2;;;;;/h2*1-5H;2*1,3-4H2,2H3;2*1H3;;;. The van der Waals surface area contributed by atoms with Gasteiger partial charge in [-0.25, -0.2) is 0 Å². The van der Waals surface area contributed by atoms with Crippen molar-refractivity contribution in [2.24, 2.45) is 0 Å². The van der Waals surface area contributed by atoms with E-state index in [0.717, 1.165) is 0 Å². The van der Waals surface area contributed by atoms with Gasteiger partial charge in [0.15, 0.2) is 0 Å². The Hall–Kier alpha value is -0.171. The quantitative estimate of drug-likeness (QED) is 0.416. The first-order chi connectivity index (χ1) is 12.0. The summed E-state index contributed by atoms with van der Waals surface area (Å²) in [6.45, 7) is 4.61. The van der Waals surface area contributed by atoms with Gasteiger partial charge in [0.1, 0.15) is 0 Å². The summed E-state index contributed by atoms with van der Waals surface area (Å²) in [4.78, 5) is 0. The van der Waals surface area contributed by atoms with Crippen molar-refractivity contribution in [2.45, 2.75) is 59.4 Å². The van der Waals surface area contributed by atoms with Gasteiger partial charge >= 0.3 is 164 Å². The van der Waals surface area contributed by atoms with Crippen LogP contribution in [-0.2, 0) is 35.9 Å². The summed E-state index contributed by atoms with van der Waals surface area (Å²) in [5.41, 5.74) is 0. The fourth-order valence-electron chi connectivity index (χ4n) is 3.62. The zero-order valence-electron chi connectivity index (χ0n) is 16.4. The summed E-state index contributed by atoms with van der Waals surface area (Å²) in [5.74, 6) is 0. The molecule has 0 fully saturated rings. The second-order valence-corrected chi connectivity index (χ2v) is 20.3. The molecular weight excluding hydrogens is 376 g/mol. The van der Waals surface area contributed by atoms with E-state index in [1.54, 1.807) is 0 Å². The number of hydrogen-bond acceptors (Lipinski definition) is 1. The Labute approximate surface area is 162 Å². The molecular formula is C22H34OTi2. The molecule has 2 rings (SSSR count). The third kappa shape index (κ3) is 5.91. The normalized spacial score (nSPS) is 12.3. The Morgan fingerprint density at radius 1 is 0.680 bits per heavy atom. The predicted molar refractivity (Wildman–Crippen MR) is 104 cm³/mol. The van der Waals surface area contributed by atoms with E-state index in [2.05, 4.69) is 85.0 Å². The molecule has 0 aromatic heterocycles. The average Bonchev–Trinajstić information content (AvgIpc) is 2.66. The minimum absolute atomic E-state index is 1.27. The molecule has 0 unspecified atom stereocenters. The second-order valence-electron chi connectivity index (χ2n) is 7.52. The molecule has 2 aromatic carbocycles. The SMILES string of the molecule is CCC[CH2][Ti]([CH3])([CH2]CCC)[O][Ti]([CH3])([c]1ccccc1)[c]1ccccc1. The predicted octanol–water partition coefficient (Wildman–Crippen LogP) is 6.32. The van der Waals surface area contributed by atoms with Gasteiger partial charge < -0.3 is 0 Å². The Morgan fingerprint density at radius 3 is 1.44 bits per heavy atom. The van der Waals surface area contributed by atoms with Gasteiger partial charge in [0.05, 0.1) is 0 Å². The van der Waals surface area contributed by atoms with Gasteiger partial charge in [0.2, 0.25) is 0 Å². The molecule has 0 spiro atoms. The van der Waals surface area contributed by atoms with Gasteiger partial charge in [-0.1, -0.05) is 0 Å². The topological polar surface area (TPSA) is 9.23 Å². The van der Waals surface area contributed by atoms with Crippen LogP contribution >= 0.6 is 0 Å². The van der Waals surface area contributed by atoms with E-state index in [4.69, 9.17) is 1.90 Å². The number of hydrogen-bond donors (Lipinski definition) is 0. The molecule has 0 saturated heterocycles. The first kappa shape index (κ1) is 21.1. The van der Waals surface area contributed by atoms with Crippen LogP contribution in [0.2, 0.25) is 19.9 Å². The van der Waals surface area contributed by atoms with Crippen molar-refractivity contribution in [3.05, 3.63) is 60.7 Å². The summed E-state index contributed by atoms with van der Waals surface area (Å²) < 4.78 is 13.0. The van der Waals surface area contributed by atoms with Gasteiger partial charge in [-0.15, -0.1) is 0 Å². The summed E-state index contributed by atoms with van der Waals surface area (Å²) in [6, 6.07) is 22.1. The van der Waals surface area contributed by atoms with E-state index in [9.17, 15) is 0 Å². The fraction of sp³-hybridized carbons (Fsp3) is 0.455. The van der Waals surface area contributed by atoms with Gasteiger partial charge in [0, 0.05) is 0 Å².